The maximum atomic E-state index is 11.8. The number of nitrogens with two attached hydrogens (primary N) is 1. The summed E-state index contributed by atoms with van der Waals surface area (Å²) in [7, 11) is 0. The maximum absolute atomic E-state index is 11.8. The molecule has 1 aliphatic rings. The lowest BCUT2D eigenvalue weighted by molar-refractivity contribution is -0.384. The molecule has 1 fully saturated rings. The fourth-order valence-electron chi connectivity index (χ4n) is 2.23. The van der Waals surface area contributed by atoms with Gasteiger partial charge in [-0.05, 0) is 30.7 Å². The largest absolute Gasteiger partial charge is 0.352 e. The van der Waals surface area contributed by atoms with Gasteiger partial charge in [0.2, 0.25) is 5.91 Å². The molecule has 1 saturated carbocycles. The van der Waals surface area contributed by atoms with E-state index in [2.05, 4.69) is 5.32 Å². The SMILES string of the molecule is NCC(NC(=O)CCc1cccc([N+](=O)[O-])c1)C1CC1. The van der Waals surface area contributed by atoms with E-state index in [1.165, 1.54) is 12.1 Å². The van der Waals surface area contributed by atoms with E-state index in [9.17, 15) is 14.9 Å². The molecule has 0 spiro atoms. The molecular formula is C14H19N3O3. The van der Waals surface area contributed by atoms with Crippen LogP contribution in [0.4, 0.5) is 5.69 Å². The summed E-state index contributed by atoms with van der Waals surface area (Å²) in [5.41, 5.74) is 6.49. The summed E-state index contributed by atoms with van der Waals surface area (Å²) in [5, 5.41) is 13.6. The van der Waals surface area contributed by atoms with Crippen LogP contribution in [0.1, 0.15) is 24.8 Å². The molecule has 3 N–H and O–H groups in total. The molecule has 0 aliphatic heterocycles. The van der Waals surface area contributed by atoms with Gasteiger partial charge in [-0.3, -0.25) is 14.9 Å². The zero-order chi connectivity index (χ0) is 14.5. The average Bonchev–Trinajstić information content (AvgIpc) is 3.27. The highest BCUT2D eigenvalue weighted by atomic mass is 16.6. The lowest BCUT2D eigenvalue weighted by Gasteiger charge is -2.15. The molecule has 1 aliphatic carbocycles. The Morgan fingerprint density at radius 3 is 2.85 bits per heavy atom. The number of amides is 1. The third-order valence-electron chi connectivity index (χ3n) is 3.55. The van der Waals surface area contributed by atoms with Crippen LogP contribution in [0.2, 0.25) is 0 Å². The number of rotatable bonds is 7. The van der Waals surface area contributed by atoms with Crippen molar-refractivity contribution in [2.45, 2.75) is 31.7 Å². The molecule has 6 heteroatoms. The van der Waals surface area contributed by atoms with Crippen LogP contribution in [0, 0.1) is 16.0 Å². The summed E-state index contributed by atoms with van der Waals surface area (Å²) < 4.78 is 0. The predicted molar refractivity (Wildman–Crippen MR) is 75.1 cm³/mol. The standard InChI is InChI=1S/C14H19N3O3/c15-9-13(11-5-6-11)16-14(18)7-4-10-2-1-3-12(8-10)17(19)20/h1-3,8,11,13H,4-7,9,15H2,(H,16,18). The maximum Gasteiger partial charge on any atom is 0.269 e. The summed E-state index contributed by atoms with van der Waals surface area (Å²) in [5.74, 6) is 0.487. The van der Waals surface area contributed by atoms with Crippen LogP contribution >= 0.6 is 0 Å². The van der Waals surface area contributed by atoms with Crippen molar-refractivity contribution in [1.82, 2.24) is 5.32 Å². The molecule has 1 aromatic carbocycles. The summed E-state index contributed by atoms with van der Waals surface area (Å²) in [6.45, 7) is 0.465. The fourth-order valence-corrected chi connectivity index (χ4v) is 2.23. The zero-order valence-electron chi connectivity index (χ0n) is 11.2. The minimum absolute atomic E-state index is 0.0427. The molecule has 2 rings (SSSR count). The van der Waals surface area contributed by atoms with Crippen molar-refractivity contribution < 1.29 is 9.72 Å². The third-order valence-corrected chi connectivity index (χ3v) is 3.55. The number of nitro benzene ring substituents is 1. The van der Waals surface area contributed by atoms with Gasteiger partial charge in [0.05, 0.1) is 4.92 Å². The first-order chi connectivity index (χ1) is 9.60. The Bertz CT molecular complexity index is 500. The fraction of sp³-hybridized carbons (Fsp3) is 0.500. The molecular weight excluding hydrogens is 258 g/mol. The molecule has 0 radical (unpaired) electrons. The molecule has 1 unspecified atom stereocenters. The van der Waals surface area contributed by atoms with Gasteiger partial charge in [-0.1, -0.05) is 12.1 Å². The van der Waals surface area contributed by atoms with Crippen molar-refractivity contribution in [3.05, 3.63) is 39.9 Å². The molecule has 108 valence electrons. The quantitative estimate of drug-likeness (QED) is 0.581. The number of carbonyl (C=O) groups is 1. The number of carbonyl (C=O) groups excluding carboxylic acids is 1. The molecule has 1 aromatic rings. The highest BCUT2D eigenvalue weighted by Crippen LogP contribution is 2.32. The Morgan fingerprint density at radius 2 is 2.25 bits per heavy atom. The van der Waals surface area contributed by atoms with Gasteiger partial charge in [-0.2, -0.15) is 0 Å². The van der Waals surface area contributed by atoms with Crippen LogP contribution in [-0.4, -0.2) is 23.4 Å². The van der Waals surface area contributed by atoms with Crippen molar-refractivity contribution in [2.75, 3.05) is 6.54 Å². The van der Waals surface area contributed by atoms with Crippen LogP contribution in [-0.2, 0) is 11.2 Å². The molecule has 0 heterocycles. The monoisotopic (exact) mass is 277 g/mol. The van der Waals surface area contributed by atoms with E-state index in [0.717, 1.165) is 18.4 Å². The first-order valence-corrected chi connectivity index (χ1v) is 6.83. The molecule has 20 heavy (non-hydrogen) atoms. The first kappa shape index (κ1) is 14.5. The van der Waals surface area contributed by atoms with E-state index in [4.69, 9.17) is 5.73 Å². The number of nitrogens with zero attached hydrogens (tertiary/aromatic N) is 1. The smallest absolute Gasteiger partial charge is 0.269 e. The molecule has 0 bridgehead atoms. The Hall–Kier alpha value is -1.95. The van der Waals surface area contributed by atoms with E-state index >= 15 is 0 Å². The molecule has 6 nitrogen and oxygen atoms in total. The topological polar surface area (TPSA) is 98.3 Å². The summed E-state index contributed by atoms with van der Waals surface area (Å²) >= 11 is 0. The van der Waals surface area contributed by atoms with Crippen molar-refractivity contribution in [3.63, 3.8) is 0 Å². The van der Waals surface area contributed by atoms with Gasteiger partial charge in [0, 0.05) is 31.1 Å². The lowest BCUT2D eigenvalue weighted by Crippen LogP contribution is -2.41. The Morgan fingerprint density at radius 1 is 1.50 bits per heavy atom. The van der Waals surface area contributed by atoms with Crippen LogP contribution in [0.25, 0.3) is 0 Å². The van der Waals surface area contributed by atoms with Crippen molar-refractivity contribution in [2.24, 2.45) is 11.7 Å². The van der Waals surface area contributed by atoms with Gasteiger partial charge in [-0.15, -0.1) is 0 Å². The Labute approximate surface area is 117 Å². The van der Waals surface area contributed by atoms with E-state index in [-0.39, 0.29) is 17.6 Å². The number of non-ortho nitro benzene ring substituents is 1. The summed E-state index contributed by atoms with van der Waals surface area (Å²) in [4.78, 5) is 22.1. The van der Waals surface area contributed by atoms with Crippen molar-refractivity contribution >= 4 is 11.6 Å². The third kappa shape index (κ3) is 4.03. The molecule has 0 aromatic heterocycles. The molecule has 1 atom stereocenters. The van der Waals surface area contributed by atoms with Crippen LogP contribution in [0.3, 0.4) is 0 Å². The second kappa shape index (κ2) is 6.47. The Kier molecular flexibility index (Phi) is 4.68. The number of hydrogen-bond donors (Lipinski definition) is 2. The number of aryl methyl sites for hydroxylation is 1. The zero-order valence-corrected chi connectivity index (χ0v) is 11.2. The highest BCUT2D eigenvalue weighted by molar-refractivity contribution is 5.76. The van der Waals surface area contributed by atoms with Crippen molar-refractivity contribution in [1.29, 1.82) is 0 Å². The average molecular weight is 277 g/mol. The predicted octanol–water partition coefficient (Wildman–Crippen LogP) is 1.38. The second-order valence-corrected chi connectivity index (χ2v) is 5.17. The van der Waals surface area contributed by atoms with Crippen LogP contribution in [0.15, 0.2) is 24.3 Å². The number of nitro groups is 1. The van der Waals surface area contributed by atoms with Gasteiger partial charge in [0.1, 0.15) is 0 Å². The molecule has 1 amide bonds. The van der Waals surface area contributed by atoms with Gasteiger partial charge < -0.3 is 11.1 Å². The van der Waals surface area contributed by atoms with E-state index < -0.39 is 4.92 Å². The second-order valence-electron chi connectivity index (χ2n) is 5.17. The van der Waals surface area contributed by atoms with Gasteiger partial charge >= 0.3 is 0 Å². The summed E-state index contributed by atoms with van der Waals surface area (Å²) in [6, 6.07) is 6.46. The number of hydrogen-bond acceptors (Lipinski definition) is 4. The Balaban J connectivity index is 1.83. The van der Waals surface area contributed by atoms with Crippen LogP contribution < -0.4 is 11.1 Å². The lowest BCUT2D eigenvalue weighted by atomic mass is 10.1. The van der Waals surface area contributed by atoms with Gasteiger partial charge in [-0.25, -0.2) is 0 Å². The van der Waals surface area contributed by atoms with E-state index in [1.807, 2.05) is 0 Å². The molecule has 0 saturated heterocycles. The van der Waals surface area contributed by atoms with E-state index in [0.29, 0.717) is 25.3 Å². The van der Waals surface area contributed by atoms with Gasteiger partial charge in [0.15, 0.2) is 0 Å². The minimum Gasteiger partial charge on any atom is -0.352 e. The van der Waals surface area contributed by atoms with Crippen LogP contribution in [0.5, 0.6) is 0 Å². The first-order valence-electron chi connectivity index (χ1n) is 6.83. The highest BCUT2D eigenvalue weighted by Gasteiger charge is 2.30. The number of benzene rings is 1. The van der Waals surface area contributed by atoms with Crippen molar-refractivity contribution in [3.8, 4) is 0 Å². The number of nitrogens with one attached hydrogen (secondary N) is 1. The normalized spacial score (nSPS) is 15.7. The van der Waals surface area contributed by atoms with Gasteiger partial charge in [0.25, 0.3) is 5.69 Å². The minimum atomic E-state index is -0.429. The summed E-state index contributed by atoms with van der Waals surface area (Å²) in [6.07, 6.45) is 3.08. The van der Waals surface area contributed by atoms with E-state index in [1.54, 1.807) is 12.1 Å².